The summed E-state index contributed by atoms with van der Waals surface area (Å²) in [5.74, 6) is 1.70. The molecule has 0 N–H and O–H groups in total. The van der Waals surface area contributed by atoms with Crippen LogP contribution >= 0.6 is 31.9 Å². The minimum Gasteiger partial charge on any atom is -0.494 e. The van der Waals surface area contributed by atoms with E-state index in [1.807, 2.05) is 12.3 Å². The quantitative estimate of drug-likeness (QED) is 0.761. The second-order valence-corrected chi connectivity index (χ2v) is 6.41. The molecule has 0 radical (unpaired) electrons. The highest BCUT2D eigenvalue weighted by Crippen LogP contribution is 2.36. The van der Waals surface area contributed by atoms with Crippen LogP contribution in [0.25, 0.3) is 0 Å². The van der Waals surface area contributed by atoms with E-state index in [9.17, 15) is 0 Å². The highest BCUT2D eigenvalue weighted by atomic mass is 79.9. The van der Waals surface area contributed by atoms with Crippen LogP contribution in [0.2, 0.25) is 0 Å². The first-order chi connectivity index (χ1) is 10.2. The molecule has 0 fully saturated rings. The Bertz CT molecular complexity index is 641. The highest BCUT2D eigenvalue weighted by Gasteiger charge is 2.19. The van der Waals surface area contributed by atoms with Gasteiger partial charge in [-0.2, -0.15) is 0 Å². The van der Waals surface area contributed by atoms with Gasteiger partial charge in [0.05, 0.1) is 34.5 Å². The Kier molecular flexibility index (Phi) is 4.35. The summed E-state index contributed by atoms with van der Waals surface area (Å²) in [7, 11) is 1.66. The number of hydrogen-bond donors (Lipinski definition) is 0. The van der Waals surface area contributed by atoms with Crippen molar-refractivity contribution in [3.63, 3.8) is 0 Å². The lowest BCUT2D eigenvalue weighted by Gasteiger charge is -2.31. The van der Waals surface area contributed by atoms with Crippen LogP contribution in [0, 0.1) is 0 Å². The summed E-state index contributed by atoms with van der Waals surface area (Å²) in [6.07, 6.45) is 3.60. The largest absolute Gasteiger partial charge is 0.494 e. The first kappa shape index (κ1) is 14.7. The Morgan fingerprint density at radius 3 is 2.81 bits per heavy atom. The van der Waals surface area contributed by atoms with Crippen molar-refractivity contribution in [1.82, 2.24) is 4.98 Å². The van der Waals surface area contributed by atoms with Crippen molar-refractivity contribution in [2.45, 2.75) is 6.54 Å². The molecule has 1 aromatic carbocycles. The van der Waals surface area contributed by atoms with Gasteiger partial charge in [0, 0.05) is 18.8 Å². The molecule has 1 aliphatic rings. The maximum atomic E-state index is 5.66. The van der Waals surface area contributed by atoms with Gasteiger partial charge in [0.25, 0.3) is 0 Å². The normalized spacial score (nSPS) is 13.6. The summed E-state index contributed by atoms with van der Waals surface area (Å²) < 4.78 is 12.9. The van der Waals surface area contributed by atoms with E-state index in [1.165, 1.54) is 5.56 Å². The average molecular weight is 414 g/mol. The monoisotopic (exact) mass is 412 g/mol. The van der Waals surface area contributed by atoms with Crippen LogP contribution < -0.4 is 14.4 Å². The number of methoxy groups -OCH3 is 1. The Morgan fingerprint density at radius 1 is 1.33 bits per heavy atom. The number of benzene rings is 1. The summed E-state index contributed by atoms with van der Waals surface area (Å²) in [5.41, 5.74) is 2.22. The first-order valence-corrected chi connectivity index (χ1v) is 8.11. The van der Waals surface area contributed by atoms with Crippen molar-refractivity contribution in [2.75, 3.05) is 25.2 Å². The topological polar surface area (TPSA) is 34.6 Å². The van der Waals surface area contributed by atoms with E-state index in [0.717, 1.165) is 39.2 Å². The predicted molar refractivity (Wildman–Crippen MR) is 89.2 cm³/mol. The van der Waals surface area contributed by atoms with Crippen molar-refractivity contribution < 1.29 is 9.47 Å². The van der Waals surface area contributed by atoms with Gasteiger partial charge >= 0.3 is 0 Å². The third-order valence-corrected chi connectivity index (χ3v) is 4.53. The van der Waals surface area contributed by atoms with Gasteiger partial charge in [0.15, 0.2) is 0 Å². The summed E-state index contributed by atoms with van der Waals surface area (Å²) in [5, 5.41) is 0. The van der Waals surface area contributed by atoms with Crippen LogP contribution in [0.15, 0.2) is 39.5 Å². The molecule has 0 saturated carbocycles. The lowest BCUT2D eigenvalue weighted by atomic mass is 10.2. The maximum absolute atomic E-state index is 5.66. The molecule has 2 aromatic rings. The summed E-state index contributed by atoms with van der Waals surface area (Å²) >= 11 is 7.09. The smallest absolute Gasteiger partial charge is 0.147 e. The van der Waals surface area contributed by atoms with Crippen molar-refractivity contribution in [3.05, 3.63) is 45.1 Å². The minimum absolute atomic E-state index is 0.690. The van der Waals surface area contributed by atoms with Crippen LogP contribution in [-0.2, 0) is 6.54 Å². The molecule has 0 amide bonds. The summed E-state index contributed by atoms with van der Waals surface area (Å²) in [6.45, 7) is 2.33. The Morgan fingerprint density at radius 2 is 2.10 bits per heavy atom. The maximum Gasteiger partial charge on any atom is 0.147 e. The van der Waals surface area contributed by atoms with Crippen LogP contribution in [0.3, 0.4) is 0 Å². The van der Waals surface area contributed by atoms with E-state index in [2.05, 4.69) is 53.9 Å². The number of hydrogen-bond acceptors (Lipinski definition) is 4. The number of rotatable bonds is 3. The van der Waals surface area contributed by atoms with Crippen LogP contribution in [0.1, 0.15) is 5.56 Å². The van der Waals surface area contributed by atoms with Gasteiger partial charge in [0.1, 0.15) is 18.1 Å². The van der Waals surface area contributed by atoms with E-state index < -0.39 is 0 Å². The number of anilines is 1. The fourth-order valence-corrected chi connectivity index (χ4v) is 4.01. The molecule has 0 aliphatic carbocycles. The van der Waals surface area contributed by atoms with Gasteiger partial charge in [0.2, 0.25) is 0 Å². The van der Waals surface area contributed by atoms with Crippen LogP contribution in [0.5, 0.6) is 11.5 Å². The van der Waals surface area contributed by atoms with E-state index in [4.69, 9.17) is 9.47 Å². The number of aromatic nitrogens is 1. The molecule has 6 heteroatoms. The molecule has 110 valence electrons. The van der Waals surface area contributed by atoms with Crippen molar-refractivity contribution in [3.8, 4) is 11.5 Å². The molecular weight excluding hydrogens is 400 g/mol. The van der Waals surface area contributed by atoms with Gasteiger partial charge < -0.3 is 14.4 Å². The number of fused-ring (bicyclic) bond motifs is 1. The molecule has 2 heterocycles. The molecule has 0 spiro atoms. The van der Waals surface area contributed by atoms with E-state index in [0.29, 0.717) is 6.61 Å². The van der Waals surface area contributed by atoms with Gasteiger partial charge in [-0.05, 0) is 49.6 Å². The molecule has 4 nitrogen and oxygen atoms in total. The van der Waals surface area contributed by atoms with Gasteiger partial charge in [-0.1, -0.05) is 0 Å². The predicted octanol–water partition coefficient (Wildman–Crippen LogP) is 4.01. The van der Waals surface area contributed by atoms with E-state index in [-0.39, 0.29) is 0 Å². The van der Waals surface area contributed by atoms with Crippen molar-refractivity contribution in [1.29, 1.82) is 0 Å². The standard InChI is InChI=1S/C15H14Br2N2O2/c1-20-15-11(16)6-10(7-12(15)17)9-19-4-5-21-14-2-3-18-8-13(14)19/h2-3,6-8H,4-5,9H2,1H3. The molecular formula is C15H14Br2N2O2. The zero-order valence-electron chi connectivity index (χ0n) is 11.5. The van der Waals surface area contributed by atoms with Crippen molar-refractivity contribution in [2.24, 2.45) is 0 Å². The molecule has 0 unspecified atom stereocenters. The number of halogens is 2. The average Bonchev–Trinajstić information content (AvgIpc) is 2.47. The van der Waals surface area contributed by atoms with Crippen LogP contribution in [-0.4, -0.2) is 25.2 Å². The lowest BCUT2D eigenvalue weighted by Crippen LogP contribution is -2.32. The fraction of sp³-hybridized carbons (Fsp3) is 0.267. The van der Waals surface area contributed by atoms with E-state index in [1.54, 1.807) is 13.3 Å². The number of nitrogens with zero attached hydrogens (tertiary/aromatic N) is 2. The minimum atomic E-state index is 0.690. The summed E-state index contributed by atoms with van der Waals surface area (Å²) in [6, 6.07) is 6.06. The number of ether oxygens (including phenoxy) is 2. The number of pyridine rings is 1. The van der Waals surface area contributed by atoms with Gasteiger partial charge in [-0.15, -0.1) is 0 Å². The first-order valence-electron chi connectivity index (χ1n) is 6.52. The molecule has 0 bridgehead atoms. The summed E-state index contributed by atoms with van der Waals surface area (Å²) in [4.78, 5) is 6.46. The second kappa shape index (κ2) is 6.23. The molecule has 0 atom stereocenters. The zero-order valence-corrected chi connectivity index (χ0v) is 14.6. The SMILES string of the molecule is COc1c(Br)cc(CN2CCOc3ccncc32)cc1Br. The molecule has 21 heavy (non-hydrogen) atoms. The highest BCUT2D eigenvalue weighted by molar-refractivity contribution is 9.11. The van der Waals surface area contributed by atoms with Crippen LogP contribution in [0.4, 0.5) is 5.69 Å². The molecule has 1 aliphatic heterocycles. The molecule has 3 rings (SSSR count). The third kappa shape index (κ3) is 3.01. The zero-order chi connectivity index (χ0) is 14.8. The Hall–Kier alpha value is -1.27. The molecule has 1 aromatic heterocycles. The van der Waals surface area contributed by atoms with Crippen molar-refractivity contribution >= 4 is 37.5 Å². The fourth-order valence-electron chi connectivity index (χ4n) is 2.40. The second-order valence-electron chi connectivity index (χ2n) is 4.71. The molecule has 0 saturated heterocycles. The lowest BCUT2D eigenvalue weighted by molar-refractivity contribution is 0.306. The van der Waals surface area contributed by atoms with Gasteiger partial charge in [-0.25, -0.2) is 0 Å². The third-order valence-electron chi connectivity index (χ3n) is 3.36. The van der Waals surface area contributed by atoms with E-state index >= 15 is 0 Å². The Labute approximate surface area is 140 Å². The Balaban J connectivity index is 1.88. The van der Waals surface area contributed by atoms with Gasteiger partial charge in [-0.3, -0.25) is 4.98 Å².